The van der Waals surface area contributed by atoms with Crippen LogP contribution in [-0.2, 0) is 0 Å². The van der Waals surface area contributed by atoms with E-state index in [1.54, 1.807) is 0 Å². The number of nitrogens with zero attached hydrogens (tertiary/aromatic N) is 2. The molecule has 14 heavy (non-hydrogen) atoms. The first-order chi connectivity index (χ1) is 6.83. The molecule has 0 aromatic carbocycles. The Hall–Kier alpha value is -1.12. The second-order valence-corrected chi connectivity index (χ2v) is 3.55. The molecule has 1 aromatic rings. The van der Waals surface area contributed by atoms with Crippen molar-refractivity contribution in [3.05, 3.63) is 17.8 Å². The highest BCUT2D eigenvalue weighted by Crippen LogP contribution is 2.03. The van der Waals surface area contributed by atoms with Gasteiger partial charge in [-0.05, 0) is 25.5 Å². The highest BCUT2D eigenvalue weighted by Gasteiger charge is 1.93. The molecule has 0 unspecified atom stereocenters. The van der Waals surface area contributed by atoms with E-state index in [1.807, 2.05) is 19.1 Å². The number of unbranched alkanes of at least 4 members (excludes halogenated alkanes) is 3. The summed E-state index contributed by atoms with van der Waals surface area (Å²) in [6, 6.07) is 3.95. The SMILES string of the molecule is CCCCCCNc1ccc(C)nn1. The largest absolute Gasteiger partial charge is 0.369 e. The third kappa shape index (κ3) is 4.21. The molecule has 1 rings (SSSR count). The van der Waals surface area contributed by atoms with Crippen LogP contribution in [0.1, 0.15) is 38.3 Å². The van der Waals surface area contributed by atoms with Gasteiger partial charge >= 0.3 is 0 Å². The molecular formula is C11H19N3. The predicted octanol–water partition coefficient (Wildman–Crippen LogP) is 2.78. The Morgan fingerprint density at radius 2 is 2.00 bits per heavy atom. The quantitative estimate of drug-likeness (QED) is 0.706. The van der Waals surface area contributed by atoms with E-state index in [1.165, 1.54) is 25.7 Å². The molecule has 1 aromatic heterocycles. The maximum absolute atomic E-state index is 4.03. The van der Waals surface area contributed by atoms with E-state index in [9.17, 15) is 0 Å². The van der Waals surface area contributed by atoms with Gasteiger partial charge in [-0.25, -0.2) is 0 Å². The summed E-state index contributed by atoms with van der Waals surface area (Å²) in [5.74, 6) is 0.882. The van der Waals surface area contributed by atoms with Crippen LogP contribution in [0.5, 0.6) is 0 Å². The first-order valence-corrected chi connectivity index (χ1v) is 5.37. The standard InChI is InChI=1S/C11H19N3/c1-3-4-5-6-9-12-11-8-7-10(2)13-14-11/h7-8H,3-6,9H2,1-2H3,(H,12,14). The first kappa shape index (κ1) is 11.0. The Kier molecular flexibility index (Phi) is 4.97. The van der Waals surface area contributed by atoms with Gasteiger partial charge in [0.15, 0.2) is 0 Å². The van der Waals surface area contributed by atoms with Crippen molar-refractivity contribution >= 4 is 5.82 Å². The molecule has 0 saturated carbocycles. The van der Waals surface area contributed by atoms with Gasteiger partial charge in [-0.15, -0.1) is 5.10 Å². The van der Waals surface area contributed by atoms with Crippen molar-refractivity contribution < 1.29 is 0 Å². The molecule has 0 bridgehead atoms. The van der Waals surface area contributed by atoms with Crippen molar-refractivity contribution in [3.8, 4) is 0 Å². The van der Waals surface area contributed by atoms with Crippen molar-refractivity contribution in [2.24, 2.45) is 0 Å². The average molecular weight is 193 g/mol. The fourth-order valence-corrected chi connectivity index (χ4v) is 1.26. The van der Waals surface area contributed by atoms with Gasteiger partial charge < -0.3 is 5.32 Å². The van der Waals surface area contributed by atoms with Gasteiger partial charge in [0.2, 0.25) is 0 Å². The van der Waals surface area contributed by atoms with Crippen LogP contribution in [0.25, 0.3) is 0 Å². The molecule has 3 nitrogen and oxygen atoms in total. The molecule has 0 aliphatic heterocycles. The Labute approximate surface area is 85.9 Å². The monoisotopic (exact) mass is 193 g/mol. The van der Waals surface area contributed by atoms with Gasteiger partial charge in [0.05, 0.1) is 5.69 Å². The van der Waals surface area contributed by atoms with Gasteiger partial charge in [0, 0.05) is 6.54 Å². The van der Waals surface area contributed by atoms with Crippen LogP contribution < -0.4 is 5.32 Å². The van der Waals surface area contributed by atoms with E-state index >= 15 is 0 Å². The average Bonchev–Trinajstić information content (AvgIpc) is 2.21. The van der Waals surface area contributed by atoms with Crippen molar-refractivity contribution in [3.63, 3.8) is 0 Å². The third-order valence-electron chi connectivity index (χ3n) is 2.13. The predicted molar refractivity (Wildman–Crippen MR) is 59.4 cm³/mol. The summed E-state index contributed by atoms with van der Waals surface area (Å²) in [5.41, 5.74) is 0.960. The van der Waals surface area contributed by atoms with Crippen LogP contribution in [0, 0.1) is 6.92 Å². The molecule has 3 heteroatoms. The number of rotatable bonds is 6. The van der Waals surface area contributed by atoms with Crippen LogP contribution in [-0.4, -0.2) is 16.7 Å². The molecule has 0 aliphatic carbocycles. The van der Waals surface area contributed by atoms with E-state index < -0.39 is 0 Å². The van der Waals surface area contributed by atoms with Gasteiger partial charge in [-0.1, -0.05) is 26.2 Å². The van der Waals surface area contributed by atoms with Crippen LogP contribution in [0.2, 0.25) is 0 Å². The van der Waals surface area contributed by atoms with E-state index in [-0.39, 0.29) is 0 Å². The van der Waals surface area contributed by atoms with Crippen LogP contribution in [0.4, 0.5) is 5.82 Å². The summed E-state index contributed by atoms with van der Waals surface area (Å²) in [4.78, 5) is 0. The van der Waals surface area contributed by atoms with E-state index in [4.69, 9.17) is 0 Å². The van der Waals surface area contributed by atoms with Crippen LogP contribution >= 0.6 is 0 Å². The lowest BCUT2D eigenvalue weighted by molar-refractivity contribution is 0.683. The minimum Gasteiger partial charge on any atom is -0.369 e. The maximum atomic E-state index is 4.03. The summed E-state index contributed by atoms with van der Waals surface area (Å²) in [7, 11) is 0. The summed E-state index contributed by atoms with van der Waals surface area (Å²) in [6.45, 7) is 5.16. The van der Waals surface area contributed by atoms with Gasteiger partial charge in [-0.3, -0.25) is 0 Å². The molecule has 1 N–H and O–H groups in total. The Balaban J connectivity index is 2.15. The fraction of sp³-hybridized carbons (Fsp3) is 0.636. The van der Waals surface area contributed by atoms with E-state index in [0.717, 1.165) is 18.1 Å². The van der Waals surface area contributed by atoms with Gasteiger partial charge in [0.1, 0.15) is 5.82 Å². The van der Waals surface area contributed by atoms with Crippen molar-refractivity contribution in [1.29, 1.82) is 0 Å². The molecule has 0 radical (unpaired) electrons. The fourth-order valence-electron chi connectivity index (χ4n) is 1.26. The van der Waals surface area contributed by atoms with Crippen LogP contribution in [0.3, 0.4) is 0 Å². The molecular weight excluding hydrogens is 174 g/mol. The van der Waals surface area contributed by atoms with Crippen molar-refractivity contribution in [1.82, 2.24) is 10.2 Å². The molecule has 0 atom stereocenters. The summed E-state index contributed by atoms with van der Waals surface area (Å²) >= 11 is 0. The maximum Gasteiger partial charge on any atom is 0.148 e. The zero-order chi connectivity index (χ0) is 10.2. The Bertz CT molecular complexity index is 243. The Morgan fingerprint density at radius 1 is 1.14 bits per heavy atom. The molecule has 1 heterocycles. The smallest absolute Gasteiger partial charge is 0.148 e. The lowest BCUT2D eigenvalue weighted by Gasteiger charge is -2.03. The summed E-state index contributed by atoms with van der Waals surface area (Å²) < 4.78 is 0. The lowest BCUT2D eigenvalue weighted by atomic mass is 10.2. The lowest BCUT2D eigenvalue weighted by Crippen LogP contribution is -2.04. The second kappa shape index (κ2) is 6.35. The Morgan fingerprint density at radius 3 is 2.64 bits per heavy atom. The van der Waals surface area contributed by atoms with Crippen LogP contribution in [0.15, 0.2) is 12.1 Å². The topological polar surface area (TPSA) is 37.8 Å². The minimum absolute atomic E-state index is 0.882. The molecule has 78 valence electrons. The molecule has 0 fully saturated rings. The summed E-state index contributed by atoms with van der Waals surface area (Å²) in [5, 5.41) is 11.3. The highest BCUT2D eigenvalue weighted by molar-refractivity contribution is 5.32. The number of nitrogens with one attached hydrogen (secondary N) is 1. The van der Waals surface area contributed by atoms with E-state index in [2.05, 4.69) is 22.4 Å². The number of anilines is 1. The normalized spacial score (nSPS) is 10.1. The minimum atomic E-state index is 0.882. The van der Waals surface area contributed by atoms with Gasteiger partial charge in [-0.2, -0.15) is 5.10 Å². The van der Waals surface area contributed by atoms with Crippen molar-refractivity contribution in [2.45, 2.75) is 39.5 Å². The van der Waals surface area contributed by atoms with E-state index in [0.29, 0.717) is 0 Å². The van der Waals surface area contributed by atoms with Crippen molar-refractivity contribution in [2.75, 3.05) is 11.9 Å². The first-order valence-electron chi connectivity index (χ1n) is 5.37. The van der Waals surface area contributed by atoms with Gasteiger partial charge in [0.25, 0.3) is 0 Å². The number of hydrogen-bond donors (Lipinski definition) is 1. The third-order valence-corrected chi connectivity index (χ3v) is 2.13. The summed E-state index contributed by atoms with van der Waals surface area (Å²) in [6.07, 6.45) is 5.11. The molecule has 0 saturated heterocycles. The second-order valence-electron chi connectivity index (χ2n) is 3.55. The molecule has 0 spiro atoms. The number of aromatic nitrogens is 2. The zero-order valence-electron chi connectivity index (χ0n) is 9.08. The number of hydrogen-bond acceptors (Lipinski definition) is 3. The highest BCUT2D eigenvalue weighted by atomic mass is 15.2. The molecule has 0 amide bonds. The zero-order valence-corrected chi connectivity index (χ0v) is 9.08. The molecule has 0 aliphatic rings. The number of aryl methyl sites for hydroxylation is 1.